The Morgan fingerprint density at radius 2 is 2.00 bits per heavy atom. The highest BCUT2D eigenvalue weighted by molar-refractivity contribution is 9.10. The summed E-state index contributed by atoms with van der Waals surface area (Å²) in [5.74, 6) is 0.973. The van der Waals surface area contributed by atoms with E-state index in [9.17, 15) is 4.39 Å². The predicted molar refractivity (Wildman–Crippen MR) is 47.8 cm³/mol. The minimum atomic E-state index is -0.213. The van der Waals surface area contributed by atoms with Gasteiger partial charge in [0, 0.05) is 0 Å². The fourth-order valence-corrected chi connectivity index (χ4v) is 1.19. The van der Waals surface area contributed by atoms with Crippen LogP contribution in [0.3, 0.4) is 0 Å². The molecule has 0 fully saturated rings. The lowest BCUT2D eigenvalue weighted by atomic mass is 10.0. The first-order valence-electron chi connectivity index (χ1n) is 3.37. The van der Waals surface area contributed by atoms with Crippen LogP contribution in [0.2, 0.25) is 0 Å². The maximum Gasteiger partial charge on any atom is 0.137 e. The van der Waals surface area contributed by atoms with Crippen LogP contribution < -0.4 is 0 Å². The Kier molecular flexibility index (Phi) is 2.66. The van der Waals surface area contributed by atoms with Gasteiger partial charge >= 0.3 is 0 Å². The van der Waals surface area contributed by atoms with Crippen molar-refractivity contribution in [2.24, 2.45) is 0 Å². The number of halogens is 2. The lowest BCUT2D eigenvalue weighted by molar-refractivity contribution is 0.620. The average molecular weight is 216 g/mol. The number of hydrogen-bond donors (Lipinski definition) is 0. The van der Waals surface area contributed by atoms with Gasteiger partial charge in [-0.25, -0.2) is 4.39 Å². The SMILES string of the molecule is C[C](C)c1ccc(F)c(Br)c1. The summed E-state index contributed by atoms with van der Waals surface area (Å²) in [6, 6.07) is 5.02. The molecule has 0 aromatic heterocycles. The highest BCUT2D eigenvalue weighted by atomic mass is 79.9. The summed E-state index contributed by atoms with van der Waals surface area (Å²) in [6.07, 6.45) is 0. The second kappa shape index (κ2) is 3.35. The number of benzene rings is 1. The van der Waals surface area contributed by atoms with E-state index < -0.39 is 0 Å². The first kappa shape index (κ1) is 8.72. The van der Waals surface area contributed by atoms with Crippen molar-refractivity contribution in [3.8, 4) is 0 Å². The minimum Gasteiger partial charge on any atom is -0.206 e. The van der Waals surface area contributed by atoms with Crippen LogP contribution in [0.25, 0.3) is 0 Å². The second-order valence-corrected chi connectivity index (χ2v) is 3.48. The lowest BCUT2D eigenvalue weighted by Gasteiger charge is -2.04. The molecule has 59 valence electrons. The summed E-state index contributed by atoms with van der Waals surface area (Å²) in [5.41, 5.74) is 1.07. The van der Waals surface area contributed by atoms with Gasteiger partial charge in [0.1, 0.15) is 5.82 Å². The molecule has 0 aliphatic carbocycles. The average Bonchev–Trinajstić information content (AvgIpc) is 1.94. The normalized spacial score (nSPS) is 10.6. The van der Waals surface area contributed by atoms with E-state index in [0.29, 0.717) is 4.47 Å². The van der Waals surface area contributed by atoms with Gasteiger partial charge in [0.05, 0.1) is 4.47 Å². The molecular formula is C9H9BrF. The van der Waals surface area contributed by atoms with Gasteiger partial charge in [0.25, 0.3) is 0 Å². The molecule has 11 heavy (non-hydrogen) atoms. The summed E-state index contributed by atoms with van der Waals surface area (Å²) in [4.78, 5) is 0. The van der Waals surface area contributed by atoms with Crippen LogP contribution in [0, 0.1) is 11.7 Å². The molecule has 1 aromatic rings. The third-order valence-corrected chi connectivity index (χ3v) is 2.10. The van der Waals surface area contributed by atoms with Crippen molar-refractivity contribution in [3.05, 3.63) is 40.0 Å². The van der Waals surface area contributed by atoms with E-state index >= 15 is 0 Å². The molecule has 0 saturated heterocycles. The number of rotatable bonds is 1. The Balaban J connectivity index is 3.05. The van der Waals surface area contributed by atoms with Gasteiger partial charge in [-0.15, -0.1) is 0 Å². The monoisotopic (exact) mass is 215 g/mol. The molecule has 0 unspecified atom stereocenters. The van der Waals surface area contributed by atoms with Gasteiger partial charge in [0.2, 0.25) is 0 Å². The molecule has 0 bridgehead atoms. The second-order valence-electron chi connectivity index (χ2n) is 2.63. The van der Waals surface area contributed by atoms with E-state index in [2.05, 4.69) is 15.9 Å². The van der Waals surface area contributed by atoms with Crippen molar-refractivity contribution >= 4 is 15.9 Å². The fraction of sp³-hybridized carbons (Fsp3) is 0.222. The maximum atomic E-state index is 12.7. The standard InChI is InChI=1S/C9H9BrF/c1-6(2)7-3-4-9(11)8(10)5-7/h3-5H,1-2H3. The summed E-state index contributed by atoms with van der Waals surface area (Å²) >= 11 is 3.13. The van der Waals surface area contributed by atoms with Crippen molar-refractivity contribution in [1.82, 2.24) is 0 Å². The Morgan fingerprint density at radius 3 is 2.45 bits per heavy atom. The molecule has 0 aliphatic heterocycles. The summed E-state index contributed by atoms with van der Waals surface area (Å²) in [5, 5.41) is 0. The van der Waals surface area contributed by atoms with Gasteiger partial charge in [0.15, 0.2) is 0 Å². The van der Waals surface area contributed by atoms with Crippen LogP contribution in [0.15, 0.2) is 22.7 Å². The van der Waals surface area contributed by atoms with Crippen molar-refractivity contribution < 1.29 is 4.39 Å². The van der Waals surface area contributed by atoms with Gasteiger partial charge in [-0.05, 0) is 39.5 Å². The van der Waals surface area contributed by atoms with Crippen molar-refractivity contribution in [2.75, 3.05) is 0 Å². The highest BCUT2D eigenvalue weighted by Gasteiger charge is 2.02. The van der Waals surface area contributed by atoms with Crippen LogP contribution in [-0.2, 0) is 0 Å². The van der Waals surface area contributed by atoms with E-state index in [0.717, 1.165) is 5.56 Å². The fourth-order valence-electron chi connectivity index (χ4n) is 0.807. The van der Waals surface area contributed by atoms with Crippen molar-refractivity contribution in [1.29, 1.82) is 0 Å². The smallest absolute Gasteiger partial charge is 0.137 e. The third-order valence-electron chi connectivity index (χ3n) is 1.50. The van der Waals surface area contributed by atoms with E-state index in [1.807, 2.05) is 13.8 Å². The molecule has 0 aliphatic rings. The zero-order chi connectivity index (χ0) is 8.43. The van der Waals surface area contributed by atoms with Crippen molar-refractivity contribution in [2.45, 2.75) is 13.8 Å². The van der Waals surface area contributed by atoms with Gasteiger partial charge in [-0.1, -0.05) is 19.9 Å². The van der Waals surface area contributed by atoms with E-state index in [-0.39, 0.29) is 5.82 Å². The van der Waals surface area contributed by atoms with Crippen LogP contribution in [0.4, 0.5) is 4.39 Å². The summed E-state index contributed by atoms with van der Waals surface area (Å²) < 4.78 is 13.2. The highest BCUT2D eigenvalue weighted by Crippen LogP contribution is 2.21. The molecule has 0 amide bonds. The lowest BCUT2D eigenvalue weighted by Crippen LogP contribution is -1.88. The quantitative estimate of drug-likeness (QED) is 0.673. The molecular weight excluding hydrogens is 207 g/mol. The van der Waals surface area contributed by atoms with Crippen LogP contribution in [0.5, 0.6) is 0 Å². The van der Waals surface area contributed by atoms with Gasteiger partial charge < -0.3 is 0 Å². The van der Waals surface area contributed by atoms with E-state index in [1.54, 1.807) is 12.1 Å². The Hall–Kier alpha value is -0.370. The van der Waals surface area contributed by atoms with E-state index in [1.165, 1.54) is 12.0 Å². The first-order chi connectivity index (χ1) is 5.11. The molecule has 0 heterocycles. The zero-order valence-corrected chi connectivity index (χ0v) is 8.07. The Labute approximate surface area is 74.6 Å². The zero-order valence-electron chi connectivity index (χ0n) is 6.49. The topological polar surface area (TPSA) is 0 Å². The molecule has 1 aromatic carbocycles. The Morgan fingerprint density at radius 1 is 1.36 bits per heavy atom. The summed E-state index contributed by atoms with van der Waals surface area (Å²) in [6.45, 7) is 4.00. The molecule has 1 radical (unpaired) electrons. The molecule has 0 spiro atoms. The molecule has 1 rings (SSSR count). The maximum absolute atomic E-state index is 12.7. The summed E-state index contributed by atoms with van der Waals surface area (Å²) in [7, 11) is 0. The minimum absolute atomic E-state index is 0.213. The third kappa shape index (κ3) is 2.03. The first-order valence-corrected chi connectivity index (χ1v) is 4.16. The van der Waals surface area contributed by atoms with Crippen LogP contribution in [0.1, 0.15) is 19.4 Å². The molecule has 0 nitrogen and oxygen atoms in total. The molecule has 2 heteroatoms. The molecule has 0 N–H and O–H groups in total. The number of hydrogen-bond acceptors (Lipinski definition) is 0. The van der Waals surface area contributed by atoms with Crippen molar-refractivity contribution in [3.63, 3.8) is 0 Å². The van der Waals surface area contributed by atoms with Crippen LogP contribution >= 0.6 is 15.9 Å². The Bertz CT molecular complexity index is 256. The van der Waals surface area contributed by atoms with Gasteiger partial charge in [-0.2, -0.15) is 0 Å². The predicted octanol–water partition coefficient (Wildman–Crippen LogP) is 3.55. The van der Waals surface area contributed by atoms with Gasteiger partial charge in [-0.3, -0.25) is 0 Å². The van der Waals surface area contributed by atoms with Crippen LogP contribution in [-0.4, -0.2) is 0 Å². The largest absolute Gasteiger partial charge is 0.206 e. The molecule has 0 atom stereocenters. The molecule has 0 saturated carbocycles. The van der Waals surface area contributed by atoms with E-state index in [4.69, 9.17) is 0 Å².